The molecule has 0 aliphatic carbocycles. The third kappa shape index (κ3) is 2.00. The number of hydrogen-bond donors (Lipinski definition) is 0. The summed E-state index contributed by atoms with van der Waals surface area (Å²) in [5.74, 6) is -0.737. The van der Waals surface area contributed by atoms with E-state index in [1.165, 1.54) is 0 Å². The molecule has 0 amide bonds. The summed E-state index contributed by atoms with van der Waals surface area (Å²) < 4.78 is 1.65. The minimum atomic E-state index is -1.01. The van der Waals surface area contributed by atoms with Gasteiger partial charge in [-0.25, -0.2) is 0 Å². The zero-order valence-corrected chi connectivity index (χ0v) is 11.0. The molecule has 0 bridgehead atoms. The number of carbonyl (C=O) groups excluding carboxylic acids is 2. The van der Waals surface area contributed by atoms with Crippen LogP contribution in [0.1, 0.15) is 10.5 Å². The van der Waals surface area contributed by atoms with Crippen molar-refractivity contribution in [2.75, 3.05) is 0 Å². The summed E-state index contributed by atoms with van der Waals surface area (Å²) in [6.07, 6.45) is 3.35. The number of hydrogen-bond acceptors (Lipinski definition) is 3. The van der Waals surface area contributed by atoms with Crippen molar-refractivity contribution in [1.82, 2.24) is 9.38 Å². The molecule has 0 unspecified atom stereocenters. The molecule has 0 fully saturated rings. The molecule has 0 saturated heterocycles. The zero-order chi connectivity index (χ0) is 14.1. The molecular weight excluding hydrogens is 276 g/mol. The molecule has 5 heteroatoms. The third-order valence-electron chi connectivity index (χ3n) is 3.01. The summed E-state index contributed by atoms with van der Waals surface area (Å²) in [6, 6.07) is 12.7. The first-order chi connectivity index (χ1) is 9.68. The van der Waals surface area contributed by atoms with Gasteiger partial charge in [-0.15, -0.1) is 0 Å². The fourth-order valence-corrected chi connectivity index (χ4v) is 2.26. The summed E-state index contributed by atoms with van der Waals surface area (Å²) in [4.78, 5) is 27.6. The predicted molar refractivity (Wildman–Crippen MR) is 75.8 cm³/mol. The van der Waals surface area contributed by atoms with Gasteiger partial charge in [0.15, 0.2) is 0 Å². The number of rotatable bonds is 3. The topological polar surface area (TPSA) is 51.4 Å². The van der Waals surface area contributed by atoms with Crippen molar-refractivity contribution in [2.24, 2.45) is 0 Å². The molecule has 0 spiro atoms. The van der Waals surface area contributed by atoms with Crippen molar-refractivity contribution in [2.45, 2.75) is 0 Å². The lowest BCUT2D eigenvalue weighted by atomic mass is 10.1. The summed E-state index contributed by atoms with van der Waals surface area (Å²) in [5.41, 5.74) is 2.25. The first kappa shape index (κ1) is 12.6. The van der Waals surface area contributed by atoms with E-state index in [-0.39, 0.29) is 5.69 Å². The molecule has 0 aliphatic rings. The van der Waals surface area contributed by atoms with E-state index < -0.39 is 11.0 Å². The average molecular weight is 285 g/mol. The third-order valence-corrected chi connectivity index (χ3v) is 3.19. The second-order valence-corrected chi connectivity index (χ2v) is 4.56. The van der Waals surface area contributed by atoms with Crippen molar-refractivity contribution in [3.63, 3.8) is 0 Å². The molecule has 3 heterocycles. The maximum atomic E-state index is 12.1. The van der Waals surface area contributed by atoms with Crippen LogP contribution in [-0.4, -0.2) is 20.4 Å². The van der Waals surface area contributed by atoms with E-state index in [9.17, 15) is 9.59 Å². The van der Waals surface area contributed by atoms with E-state index in [1.807, 2.05) is 24.3 Å². The lowest BCUT2D eigenvalue weighted by molar-refractivity contribution is -0.108. The highest BCUT2D eigenvalue weighted by Gasteiger charge is 2.23. The molecule has 0 radical (unpaired) electrons. The van der Waals surface area contributed by atoms with Gasteiger partial charge in [-0.2, -0.15) is 0 Å². The first-order valence-electron chi connectivity index (χ1n) is 5.94. The van der Waals surface area contributed by atoms with Gasteiger partial charge in [0.1, 0.15) is 5.69 Å². The molecule has 0 saturated carbocycles. The van der Waals surface area contributed by atoms with Crippen LogP contribution < -0.4 is 0 Å². The number of ketones is 1. The molecule has 20 heavy (non-hydrogen) atoms. The van der Waals surface area contributed by atoms with E-state index in [2.05, 4.69) is 4.98 Å². The van der Waals surface area contributed by atoms with Gasteiger partial charge < -0.3 is 4.40 Å². The molecule has 3 rings (SSSR count). The minimum Gasteiger partial charge on any atom is -0.313 e. The highest BCUT2D eigenvalue weighted by Crippen LogP contribution is 2.27. The second-order valence-electron chi connectivity index (χ2n) is 4.22. The maximum Gasteiger partial charge on any atom is 0.294 e. The molecule has 98 valence electrons. The Hall–Kier alpha value is -2.46. The number of nitrogens with zero attached hydrogens (tertiary/aromatic N) is 2. The second kappa shape index (κ2) is 4.90. The van der Waals surface area contributed by atoms with Crippen LogP contribution >= 0.6 is 11.6 Å². The predicted octanol–water partition coefficient (Wildman–Crippen LogP) is 2.95. The number of pyridine rings is 2. The van der Waals surface area contributed by atoms with Crippen LogP contribution in [-0.2, 0) is 4.79 Å². The van der Waals surface area contributed by atoms with Crippen LogP contribution in [0, 0.1) is 0 Å². The highest BCUT2D eigenvalue weighted by atomic mass is 35.5. The average Bonchev–Trinajstić information content (AvgIpc) is 2.86. The van der Waals surface area contributed by atoms with Gasteiger partial charge in [0.2, 0.25) is 0 Å². The number of carbonyl (C=O) groups is 2. The Morgan fingerprint density at radius 3 is 2.60 bits per heavy atom. The smallest absolute Gasteiger partial charge is 0.294 e. The quantitative estimate of drug-likeness (QED) is 0.422. The minimum absolute atomic E-state index is 0.235. The summed E-state index contributed by atoms with van der Waals surface area (Å²) in [5, 5.41) is -1.01. The van der Waals surface area contributed by atoms with Gasteiger partial charge >= 0.3 is 0 Å². The molecule has 3 aromatic heterocycles. The normalized spacial score (nSPS) is 10.7. The highest BCUT2D eigenvalue weighted by molar-refractivity contribution is 6.83. The molecule has 0 N–H and O–H groups in total. The summed E-state index contributed by atoms with van der Waals surface area (Å²) in [7, 11) is 0. The van der Waals surface area contributed by atoms with E-state index in [1.54, 1.807) is 35.0 Å². The van der Waals surface area contributed by atoms with Crippen LogP contribution in [0.2, 0.25) is 0 Å². The van der Waals surface area contributed by atoms with Crippen molar-refractivity contribution in [3.05, 3.63) is 60.6 Å². The van der Waals surface area contributed by atoms with Crippen molar-refractivity contribution in [1.29, 1.82) is 0 Å². The fraction of sp³-hybridized carbons (Fsp3) is 0. The largest absolute Gasteiger partial charge is 0.313 e. The van der Waals surface area contributed by atoms with E-state index >= 15 is 0 Å². The molecule has 0 aromatic carbocycles. The van der Waals surface area contributed by atoms with Crippen LogP contribution in [0.25, 0.3) is 16.8 Å². The van der Waals surface area contributed by atoms with Crippen molar-refractivity contribution >= 4 is 28.1 Å². The Morgan fingerprint density at radius 1 is 1.10 bits per heavy atom. The Balaban J connectivity index is 2.34. The summed E-state index contributed by atoms with van der Waals surface area (Å²) in [6.45, 7) is 0. The molecular formula is C15H9ClN2O2. The van der Waals surface area contributed by atoms with Crippen LogP contribution in [0.4, 0.5) is 0 Å². The van der Waals surface area contributed by atoms with Crippen LogP contribution in [0.3, 0.4) is 0 Å². The Morgan fingerprint density at radius 2 is 1.90 bits per heavy atom. The Bertz CT molecular complexity index is 809. The van der Waals surface area contributed by atoms with Gasteiger partial charge in [0.25, 0.3) is 11.0 Å². The van der Waals surface area contributed by atoms with Gasteiger partial charge in [-0.1, -0.05) is 12.1 Å². The first-order valence-corrected chi connectivity index (χ1v) is 6.32. The lowest BCUT2D eigenvalue weighted by Gasteiger charge is -2.02. The lowest BCUT2D eigenvalue weighted by Crippen LogP contribution is -2.11. The van der Waals surface area contributed by atoms with Gasteiger partial charge in [-0.3, -0.25) is 14.6 Å². The zero-order valence-electron chi connectivity index (χ0n) is 10.3. The number of fused-ring (bicyclic) bond motifs is 1. The number of halogens is 1. The van der Waals surface area contributed by atoms with Gasteiger partial charge in [0, 0.05) is 23.5 Å². The van der Waals surface area contributed by atoms with Crippen molar-refractivity contribution < 1.29 is 9.59 Å². The van der Waals surface area contributed by atoms with E-state index in [4.69, 9.17) is 11.6 Å². The molecule has 3 aromatic rings. The molecule has 0 aliphatic heterocycles. The van der Waals surface area contributed by atoms with Gasteiger partial charge in [-0.05, 0) is 41.9 Å². The molecule has 0 atom stereocenters. The number of Topliss-reactive ketones (excluding diaryl/α,β-unsaturated/α-hetero) is 1. The van der Waals surface area contributed by atoms with Gasteiger partial charge in [0.05, 0.1) is 5.69 Å². The fourth-order valence-electron chi connectivity index (χ4n) is 2.17. The van der Waals surface area contributed by atoms with Crippen LogP contribution in [0.15, 0.2) is 54.9 Å². The summed E-state index contributed by atoms with van der Waals surface area (Å²) >= 11 is 5.36. The van der Waals surface area contributed by atoms with E-state index in [0.717, 1.165) is 5.52 Å². The SMILES string of the molecule is O=C(Cl)C(=O)c1c(-c2ccccn2)cc2ccccn12. The van der Waals surface area contributed by atoms with E-state index in [0.29, 0.717) is 11.3 Å². The standard InChI is InChI=1S/C15H9ClN2O2/c16-15(20)14(19)13-11(12-6-1-3-7-17-12)9-10-5-2-4-8-18(10)13/h1-9H. The van der Waals surface area contributed by atoms with Crippen LogP contribution in [0.5, 0.6) is 0 Å². The Kier molecular flexibility index (Phi) is 3.08. The molecule has 4 nitrogen and oxygen atoms in total. The Labute approximate surface area is 119 Å². The van der Waals surface area contributed by atoms with Crippen molar-refractivity contribution in [3.8, 4) is 11.3 Å². The maximum absolute atomic E-state index is 12.1. The number of aromatic nitrogens is 2. The monoisotopic (exact) mass is 284 g/mol.